The van der Waals surface area contributed by atoms with E-state index in [0.29, 0.717) is 12.8 Å². The van der Waals surface area contributed by atoms with Gasteiger partial charge in [0.2, 0.25) is 0 Å². The number of aliphatic hydroxyl groups is 6. The highest BCUT2D eigenvalue weighted by Gasteiger charge is 2.58. The first-order valence-electron chi connectivity index (χ1n) is 9.78. The minimum Gasteiger partial charge on any atom is -0.549 e. The molecular formula is C19H31O11-. The molecule has 30 heavy (non-hydrogen) atoms. The molecule has 0 aromatic rings. The number of rotatable bonds is 17. The van der Waals surface area contributed by atoms with Gasteiger partial charge in [-0.05, 0) is 6.42 Å². The number of carboxylic acids is 1. The minimum absolute atomic E-state index is 0.134. The lowest BCUT2D eigenvalue weighted by Crippen LogP contribution is -2.65. The van der Waals surface area contributed by atoms with Gasteiger partial charge in [0.15, 0.2) is 17.3 Å². The second kappa shape index (κ2) is 13.5. The molecule has 4 unspecified atom stereocenters. The molecule has 0 rings (SSSR count). The summed E-state index contributed by atoms with van der Waals surface area (Å²) in [6.45, 7) is -1.79. The van der Waals surface area contributed by atoms with Crippen LogP contribution < -0.4 is 5.11 Å². The fourth-order valence-corrected chi connectivity index (χ4v) is 3.35. The minimum atomic E-state index is -3.48. The Labute approximate surface area is 174 Å². The summed E-state index contributed by atoms with van der Waals surface area (Å²) in [5, 5.41) is 68.7. The van der Waals surface area contributed by atoms with Crippen molar-refractivity contribution in [2.24, 2.45) is 11.3 Å². The van der Waals surface area contributed by atoms with E-state index in [1.54, 1.807) is 0 Å². The molecular weight excluding hydrogens is 404 g/mol. The van der Waals surface area contributed by atoms with Crippen molar-refractivity contribution in [3.8, 4) is 0 Å². The second-order valence-electron chi connectivity index (χ2n) is 7.08. The van der Waals surface area contributed by atoms with Crippen LogP contribution in [0.2, 0.25) is 0 Å². The summed E-state index contributed by atoms with van der Waals surface area (Å²) in [5.74, 6) is -9.57. The summed E-state index contributed by atoms with van der Waals surface area (Å²) in [7, 11) is 0. The average molecular weight is 435 g/mol. The summed E-state index contributed by atoms with van der Waals surface area (Å²) in [5.41, 5.74) is -3.48. The van der Waals surface area contributed by atoms with Crippen molar-refractivity contribution in [3.05, 3.63) is 0 Å². The first-order chi connectivity index (χ1) is 14.1. The van der Waals surface area contributed by atoms with Crippen molar-refractivity contribution < 1.29 is 54.9 Å². The van der Waals surface area contributed by atoms with Crippen LogP contribution in [0.15, 0.2) is 0 Å². The van der Waals surface area contributed by atoms with Crippen molar-refractivity contribution in [1.82, 2.24) is 0 Å². The van der Waals surface area contributed by atoms with Crippen molar-refractivity contribution in [1.29, 1.82) is 0 Å². The van der Waals surface area contributed by atoms with E-state index in [4.69, 9.17) is 15.3 Å². The van der Waals surface area contributed by atoms with Gasteiger partial charge in [-0.15, -0.1) is 0 Å². The van der Waals surface area contributed by atoms with Gasteiger partial charge in [-0.3, -0.25) is 14.4 Å². The molecule has 0 aromatic carbocycles. The molecule has 4 atom stereocenters. The molecule has 0 aliphatic carbocycles. The molecule has 0 bridgehead atoms. The van der Waals surface area contributed by atoms with Gasteiger partial charge in [0, 0.05) is 5.92 Å². The summed E-state index contributed by atoms with van der Waals surface area (Å²) in [6, 6.07) is 0. The summed E-state index contributed by atoms with van der Waals surface area (Å²) in [4.78, 5) is 50.3. The SMILES string of the molecule is CCCCCCCC(C(=O)C(O)CO)C(C(=O)[O-])(C(=O)C(O)CO)C(=O)C(O)CO. The van der Waals surface area contributed by atoms with Crippen LogP contribution in [0.3, 0.4) is 0 Å². The Balaban J connectivity index is 6.52. The van der Waals surface area contributed by atoms with Crippen LogP contribution in [-0.4, -0.2) is 92.1 Å². The third-order valence-electron chi connectivity index (χ3n) is 5.01. The summed E-state index contributed by atoms with van der Waals surface area (Å²) >= 11 is 0. The van der Waals surface area contributed by atoms with E-state index in [9.17, 15) is 39.6 Å². The lowest BCUT2D eigenvalue weighted by atomic mass is 9.62. The maximum atomic E-state index is 12.8. The van der Waals surface area contributed by atoms with E-state index in [0.717, 1.165) is 12.8 Å². The average Bonchev–Trinajstić information content (AvgIpc) is 2.74. The number of aliphatic carboxylic acids is 1. The van der Waals surface area contributed by atoms with Gasteiger partial charge < -0.3 is 40.5 Å². The van der Waals surface area contributed by atoms with Crippen LogP contribution in [0.5, 0.6) is 0 Å². The molecule has 0 saturated heterocycles. The number of carbonyl (C=O) groups is 4. The van der Waals surface area contributed by atoms with Crippen LogP contribution in [0, 0.1) is 11.3 Å². The molecule has 0 aliphatic heterocycles. The third kappa shape index (κ3) is 6.37. The lowest BCUT2D eigenvalue weighted by Gasteiger charge is -2.40. The normalized spacial score (nSPS) is 17.4. The predicted molar refractivity (Wildman–Crippen MR) is 98.6 cm³/mol. The third-order valence-corrected chi connectivity index (χ3v) is 5.01. The van der Waals surface area contributed by atoms with Gasteiger partial charge in [0.25, 0.3) is 0 Å². The number of hydrogen-bond donors (Lipinski definition) is 6. The Kier molecular flexibility index (Phi) is 12.7. The molecule has 0 aliphatic rings. The molecule has 0 spiro atoms. The maximum absolute atomic E-state index is 12.8. The maximum Gasteiger partial charge on any atom is 0.183 e. The highest BCUT2D eigenvalue weighted by molar-refractivity contribution is 6.26. The van der Waals surface area contributed by atoms with Crippen LogP contribution >= 0.6 is 0 Å². The molecule has 0 saturated carbocycles. The van der Waals surface area contributed by atoms with Gasteiger partial charge in [-0.2, -0.15) is 0 Å². The highest BCUT2D eigenvalue weighted by Crippen LogP contribution is 2.38. The summed E-state index contributed by atoms with van der Waals surface area (Å²) in [6.07, 6.45) is -4.41. The van der Waals surface area contributed by atoms with Gasteiger partial charge in [-0.1, -0.05) is 39.0 Å². The molecule has 0 fully saturated rings. The van der Waals surface area contributed by atoms with Gasteiger partial charge in [0.05, 0.1) is 25.8 Å². The summed E-state index contributed by atoms with van der Waals surface area (Å²) < 4.78 is 0. The zero-order valence-electron chi connectivity index (χ0n) is 16.9. The monoisotopic (exact) mass is 435 g/mol. The van der Waals surface area contributed by atoms with Crippen molar-refractivity contribution >= 4 is 23.3 Å². The molecule has 11 nitrogen and oxygen atoms in total. The van der Waals surface area contributed by atoms with Crippen LogP contribution in [0.25, 0.3) is 0 Å². The highest BCUT2D eigenvalue weighted by atomic mass is 16.4. The van der Waals surface area contributed by atoms with E-state index < -0.39 is 79.2 Å². The molecule has 0 heterocycles. The molecule has 11 heteroatoms. The lowest BCUT2D eigenvalue weighted by molar-refractivity contribution is -0.317. The number of Topliss-reactive ketones (excluding diaryl/α,β-unsaturated/α-hetero) is 3. The van der Waals surface area contributed by atoms with E-state index in [1.165, 1.54) is 0 Å². The van der Waals surface area contributed by atoms with Crippen molar-refractivity contribution in [3.63, 3.8) is 0 Å². The van der Waals surface area contributed by atoms with Crippen molar-refractivity contribution in [2.45, 2.75) is 63.8 Å². The number of unbranched alkanes of at least 4 members (excludes halogenated alkanes) is 4. The van der Waals surface area contributed by atoms with Crippen molar-refractivity contribution in [2.75, 3.05) is 19.8 Å². The van der Waals surface area contributed by atoms with Crippen LogP contribution in [-0.2, 0) is 19.2 Å². The zero-order chi connectivity index (χ0) is 23.5. The molecule has 174 valence electrons. The zero-order valence-corrected chi connectivity index (χ0v) is 16.9. The van der Waals surface area contributed by atoms with Gasteiger partial charge in [-0.25, -0.2) is 0 Å². The number of aliphatic hydroxyl groups excluding tert-OH is 6. The largest absolute Gasteiger partial charge is 0.549 e. The van der Waals surface area contributed by atoms with E-state index >= 15 is 0 Å². The van der Waals surface area contributed by atoms with Crippen LogP contribution in [0.4, 0.5) is 0 Å². The quantitative estimate of drug-likeness (QED) is 0.0972. The van der Waals surface area contributed by atoms with Crippen LogP contribution in [0.1, 0.15) is 45.4 Å². The molecule has 6 N–H and O–H groups in total. The van der Waals surface area contributed by atoms with E-state index in [-0.39, 0.29) is 6.42 Å². The first-order valence-corrected chi connectivity index (χ1v) is 9.78. The topological polar surface area (TPSA) is 213 Å². The standard InChI is InChI=1S/C19H32O11/c1-2-3-4-5-6-7-11(15(26)12(23)8-20)19(18(29)30,16(27)13(24)9-21)17(28)14(25)10-22/h11-14,20-25H,2-10H2,1H3,(H,29,30)/p-1. The number of carboxylic acid groups (broad SMARTS) is 1. The Morgan fingerprint density at radius 3 is 1.57 bits per heavy atom. The predicted octanol–water partition coefficient (Wildman–Crippen LogP) is -3.53. The molecule has 0 amide bonds. The number of ketones is 3. The number of hydrogen-bond acceptors (Lipinski definition) is 11. The Bertz CT molecular complexity index is 567. The molecule has 0 radical (unpaired) electrons. The van der Waals surface area contributed by atoms with E-state index in [1.807, 2.05) is 6.92 Å². The Morgan fingerprint density at radius 2 is 1.20 bits per heavy atom. The first kappa shape index (κ1) is 28.2. The number of carbonyl (C=O) groups excluding carboxylic acids is 4. The fraction of sp³-hybridized carbons (Fsp3) is 0.789. The van der Waals surface area contributed by atoms with E-state index in [2.05, 4.69) is 0 Å². The molecule has 0 aromatic heterocycles. The van der Waals surface area contributed by atoms with Gasteiger partial charge >= 0.3 is 0 Å². The Hall–Kier alpha value is -1.76. The second-order valence-corrected chi connectivity index (χ2v) is 7.08. The Morgan fingerprint density at radius 1 is 0.767 bits per heavy atom. The smallest absolute Gasteiger partial charge is 0.183 e. The van der Waals surface area contributed by atoms with Gasteiger partial charge in [0.1, 0.15) is 23.7 Å². The fourth-order valence-electron chi connectivity index (χ4n) is 3.35.